The molecular weight excluding hydrogens is 914 g/mol. The minimum Gasteiger partial charge on any atom is -0.443 e. The minimum atomic E-state index is -1.86. The van der Waals surface area contributed by atoms with Gasteiger partial charge in [0.15, 0.2) is 0 Å². The van der Waals surface area contributed by atoms with E-state index in [2.05, 4.69) is 51.9 Å². The van der Waals surface area contributed by atoms with Crippen molar-refractivity contribution in [1.82, 2.24) is 29.5 Å². The Bertz CT molecular complexity index is 2960. The minimum absolute atomic E-state index is 0.0696. The molecule has 0 aliphatic rings. The van der Waals surface area contributed by atoms with E-state index in [0.29, 0.717) is 10.9 Å². The van der Waals surface area contributed by atoms with E-state index < -0.39 is 36.5 Å². The standard InChI is InChI=1S/C14H12FN3.C13H15BFNO4.C13H8F2N2.C5H3BrFN.CH5N/c1-16-14-5-2-9(8-17-14)13-7-10-6-11(15)3-4-12(10)18-13;1-13(2,3)20-12(17)16-10-5-4-9(15)6-8(10)7-11(16)14(18)19;14-10-2-3-11-9(5-10)6-12(17-11)8-1-4-13(15)16-7-8;6-4-1-2-5(7)8-3-4;1-2/h2-8,18H,1H3,(H,16,17);4-7,18-19H,1-3H3;1-7,17H;1-3H;2H2,1H3. The molecule has 65 heavy (non-hydrogen) atoms. The molecule has 0 saturated heterocycles. The van der Waals surface area contributed by atoms with Crippen molar-refractivity contribution in [3.63, 3.8) is 0 Å². The second-order valence-corrected chi connectivity index (χ2v) is 15.6. The lowest BCUT2D eigenvalue weighted by Gasteiger charge is -2.20. The molecular formula is C46H43BBrF5N8O4. The number of benzene rings is 3. The summed E-state index contributed by atoms with van der Waals surface area (Å²) in [4.78, 5) is 29.8. The summed E-state index contributed by atoms with van der Waals surface area (Å²) in [5.41, 5.74) is 9.28. The molecule has 12 nitrogen and oxygen atoms in total. The molecule has 7 N–H and O–H groups in total. The van der Waals surface area contributed by atoms with Crippen molar-refractivity contribution >= 4 is 73.3 Å². The lowest BCUT2D eigenvalue weighted by molar-refractivity contribution is 0.0547. The molecule has 19 heteroatoms. The van der Waals surface area contributed by atoms with E-state index in [-0.39, 0.29) is 17.2 Å². The van der Waals surface area contributed by atoms with Gasteiger partial charge < -0.3 is 35.8 Å². The van der Waals surface area contributed by atoms with Crippen LogP contribution >= 0.6 is 15.9 Å². The Hall–Kier alpha value is -6.93. The number of pyridine rings is 3. The lowest BCUT2D eigenvalue weighted by atomic mass is 9.86. The average Bonchev–Trinajstić information content (AvgIpc) is 4.01. The van der Waals surface area contributed by atoms with Crippen LogP contribution in [0.15, 0.2) is 132 Å². The van der Waals surface area contributed by atoms with E-state index in [1.54, 1.807) is 51.2 Å². The molecule has 0 spiro atoms. The summed E-state index contributed by atoms with van der Waals surface area (Å²) in [5, 5.41) is 23.7. The zero-order valence-electron chi connectivity index (χ0n) is 35.5. The first-order valence-electron chi connectivity index (χ1n) is 19.5. The summed E-state index contributed by atoms with van der Waals surface area (Å²) in [7, 11) is 1.46. The van der Waals surface area contributed by atoms with Crippen molar-refractivity contribution in [3.8, 4) is 22.5 Å². The number of halogens is 6. The van der Waals surface area contributed by atoms with Gasteiger partial charge in [0.05, 0.1) is 11.1 Å². The molecule has 336 valence electrons. The van der Waals surface area contributed by atoms with E-state index >= 15 is 0 Å². The second-order valence-electron chi connectivity index (χ2n) is 14.6. The highest BCUT2D eigenvalue weighted by molar-refractivity contribution is 9.10. The SMILES string of the molecule is CC(C)(C)OC(=O)n1c(B(O)O)cc2cc(F)ccc21.CN.CNc1ccc(-c2cc3cc(F)ccc3[nH]2)cn1.Fc1ccc(Br)cn1.Fc1ccc2[nH]c(-c3ccc(F)nc3)cc2c1. The number of H-pyrrole nitrogens is 2. The number of ether oxygens (including phenoxy) is 1. The normalized spacial score (nSPS) is 10.7. The van der Waals surface area contributed by atoms with Gasteiger partial charge in [0.2, 0.25) is 11.9 Å². The Morgan fingerprint density at radius 2 is 1.17 bits per heavy atom. The third-order valence-corrected chi connectivity index (χ3v) is 9.33. The molecule has 9 aromatic rings. The van der Waals surface area contributed by atoms with Gasteiger partial charge in [-0.2, -0.15) is 8.78 Å². The third kappa shape index (κ3) is 13.5. The maximum atomic E-state index is 13.2. The number of anilines is 1. The van der Waals surface area contributed by atoms with Crippen molar-refractivity contribution in [3.05, 3.63) is 162 Å². The smallest absolute Gasteiger partial charge is 0.443 e. The van der Waals surface area contributed by atoms with Crippen LogP contribution in [0.1, 0.15) is 20.8 Å². The lowest BCUT2D eigenvalue weighted by Crippen LogP contribution is -2.40. The first-order chi connectivity index (χ1) is 31.0. The number of hydrogen-bond acceptors (Lipinski definition) is 9. The van der Waals surface area contributed by atoms with Gasteiger partial charge in [-0.25, -0.2) is 32.9 Å². The fourth-order valence-corrected chi connectivity index (χ4v) is 6.26. The van der Waals surface area contributed by atoms with E-state index in [9.17, 15) is 36.8 Å². The Morgan fingerprint density at radius 3 is 1.60 bits per heavy atom. The molecule has 0 atom stereocenters. The van der Waals surface area contributed by atoms with Crippen LogP contribution in [0.5, 0.6) is 0 Å². The molecule has 0 aliphatic heterocycles. The highest BCUT2D eigenvalue weighted by Crippen LogP contribution is 2.26. The molecule has 3 aromatic carbocycles. The van der Waals surface area contributed by atoms with Crippen molar-refractivity contribution in [2.24, 2.45) is 5.73 Å². The largest absolute Gasteiger partial charge is 0.506 e. The van der Waals surface area contributed by atoms with Crippen molar-refractivity contribution in [2.75, 3.05) is 19.4 Å². The predicted molar refractivity (Wildman–Crippen MR) is 248 cm³/mol. The number of aromatic nitrogens is 6. The van der Waals surface area contributed by atoms with Crippen LogP contribution < -0.4 is 16.6 Å². The number of aromatic amines is 2. The molecule has 0 unspecified atom stereocenters. The zero-order valence-corrected chi connectivity index (χ0v) is 37.1. The number of carbonyl (C=O) groups is 1. The Kier molecular flexibility index (Phi) is 16.7. The average molecular weight is 958 g/mol. The molecule has 0 aliphatic carbocycles. The van der Waals surface area contributed by atoms with E-state index in [0.717, 1.165) is 59.2 Å². The topological polar surface area (TPSA) is 180 Å². The summed E-state index contributed by atoms with van der Waals surface area (Å²) in [6.45, 7) is 5.10. The van der Waals surface area contributed by atoms with Crippen LogP contribution in [0.25, 0.3) is 55.2 Å². The van der Waals surface area contributed by atoms with Crippen LogP contribution in [-0.2, 0) is 4.74 Å². The highest BCUT2D eigenvalue weighted by Gasteiger charge is 2.27. The van der Waals surface area contributed by atoms with Gasteiger partial charge in [-0.05, 0) is 153 Å². The van der Waals surface area contributed by atoms with Gasteiger partial charge in [0.25, 0.3) is 0 Å². The van der Waals surface area contributed by atoms with Gasteiger partial charge >= 0.3 is 13.2 Å². The molecule has 6 aromatic heterocycles. The fraction of sp³-hybridized carbons (Fsp3) is 0.130. The summed E-state index contributed by atoms with van der Waals surface area (Å²) >= 11 is 3.12. The van der Waals surface area contributed by atoms with Crippen molar-refractivity contribution in [1.29, 1.82) is 0 Å². The van der Waals surface area contributed by atoms with Gasteiger partial charge in [0.1, 0.15) is 28.9 Å². The number of nitrogens with one attached hydrogen (secondary N) is 3. The molecule has 9 rings (SSSR count). The quantitative estimate of drug-likeness (QED) is 0.0569. The Labute approximate surface area is 378 Å². The van der Waals surface area contributed by atoms with E-state index in [1.807, 2.05) is 31.3 Å². The Balaban J connectivity index is 0.000000166. The maximum Gasteiger partial charge on any atom is 0.506 e. The van der Waals surface area contributed by atoms with Crippen LogP contribution in [0.4, 0.5) is 32.6 Å². The van der Waals surface area contributed by atoms with Gasteiger partial charge in [-0.1, -0.05) is 0 Å². The van der Waals surface area contributed by atoms with Crippen molar-refractivity contribution in [2.45, 2.75) is 26.4 Å². The van der Waals surface area contributed by atoms with Gasteiger partial charge in [0, 0.05) is 79.8 Å². The maximum absolute atomic E-state index is 13.2. The number of fused-ring (bicyclic) bond motifs is 3. The summed E-state index contributed by atoms with van der Waals surface area (Å²) < 4.78 is 71.0. The van der Waals surface area contributed by atoms with Gasteiger partial charge in [-0.15, -0.1) is 0 Å². The van der Waals surface area contributed by atoms with Gasteiger partial charge in [-0.3, -0.25) is 4.57 Å². The number of hydrogen-bond donors (Lipinski definition) is 6. The van der Waals surface area contributed by atoms with Crippen LogP contribution in [0.2, 0.25) is 0 Å². The summed E-state index contributed by atoms with van der Waals surface area (Å²) in [6, 6.07) is 27.8. The summed E-state index contributed by atoms with van der Waals surface area (Å²) in [5.74, 6) is -1.13. The van der Waals surface area contributed by atoms with E-state index in [1.165, 1.54) is 80.1 Å². The molecule has 0 bridgehead atoms. The monoisotopic (exact) mass is 956 g/mol. The Morgan fingerprint density at radius 1 is 0.677 bits per heavy atom. The second kappa shape index (κ2) is 22.1. The molecule has 0 amide bonds. The number of rotatable bonds is 4. The molecule has 0 saturated carbocycles. The van der Waals surface area contributed by atoms with Crippen molar-refractivity contribution < 1.29 is 41.5 Å². The first kappa shape index (κ1) is 49.1. The number of nitrogens with zero attached hydrogens (tertiary/aromatic N) is 4. The molecule has 0 radical (unpaired) electrons. The van der Waals surface area contributed by atoms with Crippen LogP contribution in [-0.4, -0.2) is 72.4 Å². The van der Waals surface area contributed by atoms with E-state index in [4.69, 9.17) is 4.74 Å². The highest BCUT2D eigenvalue weighted by atomic mass is 79.9. The predicted octanol–water partition coefficient (Wildman–Crippen LogP) is 9.72. The first-order valence-corrected chi connectivity index (χ1v) is 20.3. The number of nitrogens with two attached hydrogens (primary N) is 1. The zero-order chi connectivity index (χ0) is 47.4. The van der Waals surface area contributed by atoms with Crippen LogP contribution in [0, 0.1) is 29.3 Å². The fourth-order valence-electron chi connectivity index (χ4n) is 6.02. The molecule has 0 fully saturated rings. The summed E-state index contributed by atoms with van der Waals surface area (Å²) in [6.07, 6.45) is 3.89. The van der Waals surface area contributed by atoms with Crippen LogP contribution in [0.3, 0.4) is 0 Å². The number of carbonyl (C=O) groups excluding carboxylic acids is 1. The third-order valence-electron chi connectivity index (χ3n) is 8.86. The molecule has 6 heterocycles.